The summed E-state index contributed by atoms with van der Waals surface area (Å²) >= 11 is 2.75. The third kappa shape index (κ3) is 6.07. The van der Waals surface area contributed by atoms with Crippen molar-refractivity contribution in [1.82, 2.24) is 4.90 Å². The number of carboxylic acid groups (broad SMARTS) is 1. The van der Waals surface area contributed by atoms with Crippen molar-refractivity contribution in [3.8, 4) is 5.75 Å². The van der Waals surface area contributed by atoms with Crippen molar-refractivity contribution in [3.63, 3.8) is 0 Å². The van der Waals surface area contributed by atoms with Gasteiger partial charge in [0.1, 0.15) is 12.3 Å². The number of hydrogen-bond acceptors (Lipinski definition) is 6. The summed E-state index contributed by atoms with van der Waals surface area (Å²) in [7, 11) is 0. The highest BCUT2D eigenvalue weighted by atomic mass is 127. The molecule has 2 aromatic rings. The third-order valence-electron chi connectivity index (χ3n) is 4.12. The Morgan fingerprint density at radius 1 is 1.19 bits per heavy atom. The minimum absolute atomic E-state index is 0.197. The lowest BCUT2D eigenvalue weighted by molar-refractivity contribution is -0.139. The molecule has 0 saturated carbocycles. The number of nitrogens with one attached hydrogen (secondary N) is 1. The van der Waals surface area contributed by atoms with Gasteiger partial charge in [0.25, 0.3) is 11.1 Å². The molecule has 1 aliphatic heterocycles. The largest absolute Gasteiger partial charge is 0.481 e. The molecule has 1 saturated heterocycles. The van der Waals surface area contributed by atoms with Gasteiger partial charge in [-0.25, -0.2) is 4.79 Å². The average molecular weight is 552 g/mol. The normalized spacial score (nSPS) is 14.8. The standard InChI is InChI=1S/C21H17IN2O6S/c1-12-2-5-14(6-3-12)23-18(25)10-24-20(28)17(31-21(24)29)9-13-4-7-16(15(22)8-13)30-11-19(26)27/h2-9H,10-11H2,1H3,(H,23,25)(H,26,27)/b17-9-. The van der Waals surface area contributed by atoms with E-state index in [1.54, 1.807) is 36.4 Å². The summed E-state index contributed by atoms with van der Waals surface area (Å²) in [5, 5.41) is 10.8. The fourth-order valence-corrected chi connectivity index (χ4v) is 4.17. The molecule has 0 unspecified atom stereocenters. The molecule has 2 N–H and O–H groups in total. The summed E-state index contributed by atoms with van der Waals surface area (Å²) in [6, 6.07) is 12.1. The number of benzene rings is 2. The predicted octanol–water partition coefficient (Wildman–Crippen LogP) is 3.74. The lowest BCUT2D eigenvalue weighted by Crippen LogP contribution is -2.36. The number of halogens is 1. The van der Waals surface area contributed by atoms with Gasteiger partial charge in [0.05, 0.1) is 8.48 Å². The first-order valence-electron chi connectivity index (χ1n) is 8.99. The van der Waals surface area contributed by atoms with Crippen LogP contribution in [0.1, 0.15) is 11.1 Å². The number of aliphatic carboxylic acids is 1. The van der Waals surface area contributed by atoms with E-state index in [-0.39, 0.29) is 11.4 Å². The van der Waals surface area contributed by atoms with E-state index >= 15 is 0 Å². The van der Waals surface area contributed by atoms with E-state index in [1.807, 2.05) is 41.6 Å². The van der Waals surface area contributed by atoms with Crippen LogP contribution in [0.4, 0.5) is 10.5 Å². The topological polar surface area (TPSA) is 113 Å². The SMILES string of the molecule is Cc1ccc(NC(=O)CN2C(=O)S/C(=C\c3ccc(OCC(=O)O)c(I)c3)C2=O)cc1. The highest BCUT2D eigenvalue weighted by Gasteiger charge is 2.36. The molecule has 0 aliphatic carbocycles. The number of imide groups is 1. The minimum atomic E-state index is -1.08. The zero-order valence-corrected chi connectivity index (χ0v) is 19.2. The Morgan fingerprint density at radius 2 is 1.90 bits per heavy atom. The predicted molar refractivity (Wildman–Crippen MR) is 125 cm³/mol. The van der Waals surface area contributed by atoms with Crippen LogP contribution in [-0.2, 0) is 14.4 Å². The zero-order chi connectivity index (χ0) is 22.5. The van der Waals surface area contributed by atoms with Crippen LogP contribution in [0.2, 0.25) is 0 Å². The maximum absolute atomic E-state index is 12.6. The van der Waals surface area contributed by atoms with Crippen LogP contribution in [0.5, 0.6) is 5.75 Å². The van der Waals surface area contributed by atoms with Gasteiger partial charge >= 0.3 is 5.97 Å². The van der Waals surface area contributed by atoms with E-state index in [0.717, 1.165) is 22.2 Å². The number of hydrogen-bond donors (Lipinski definition) is 2. The van der Waals surface area contributed by atoms with Crippen molar-refractivity contribution < 1.29 is 29.0 Å². The second-order valence-corrected chi connectivity index (χ2v) is 8.71. The Kier molecular flexibility index (Phi) is 7.33. The van der Waals surface area contributed by atoms with Crippen molar-refractivity contribution in [2.75, 3.05) is 18.5 Å². The van der Waals surface area contributed by atoms with E-state index in [2.05, 4.69) is 5.32 Å². The van der Waals surface area contributed by atoms with Crippen molar-refractivity contribution in [3.05, 3.63) is 62.1 Å². The summed E-state index contributed by atoms with van der Waals surface area (Å²) < 4.78 is 5.83. The second-order valence-electron chi connectivity index (χ2n) is 6.55. The molecule has 3 rings (SSSR count). The molecule has 0 aromatic heterocycles. The van der Waals surface area contributed by atoms with Crippen LogP contribution in [0.25, 0.3) is 6.08 Å². The first-order chi connectivity index (χ1) is 14.7. The highest BCUT2D eigenvalue weighted by molar-refractivity contribution is 14.1. The Morgan fingerprint density at radius 3 is 2.55 bits per heavy atom. The molecule has 1 fully saturated rings. The van der Waals surface area contributed by atoms with Crippen LogP contribution < -0.4 is 10.1 Å². The number of nitrogens with zero attached hydrogens (tertiary/aromatic N) is 1. The van der Waals surface area contributed by atoms with Gasteiger partial charge in [0.15, 0.2) is 6.61 Å². The quantitative estimate of drug-likeness (QED) is 0.398. The lowest BCUT2D eigenvalue weighted by atomic mass is 10.2. The lowest BCUT2D eigenvalue weighted by Gasteiger charge is -2.12. The number of aryl methyl sites for hydroxylation is 1. The molecule has 0 radical (unpaired) electrons. The number of rotatable bonds is 7. The molecule has 1 aliphatic rings. The van der Waals surface area contributed by atoms with E-state index in [0.29, 0.717) is 20.6 Å². The Hall–Kier alpha value is -2.86. The van der Waals surface area contributed by atoms with E-state index < -0.39 is 29.6 Å². The van der Waals surface area contributed by atoms with Crippen LogP contribution in [0, 0.1) is 10.5 Å². The number of carboxylic acids is 1. The van der Waals surface area contributed by atoms with Crippen molar-refractivity contribution in [2.45, 2.75) is 6.92 Å². The molecule has 1 heterocycles. The highest BCUT2D eigenvalue weighted by Crippen LogP contribution is 2.33. The molecule has 160 valence electrons. The molecule has 0 atom stereocenters. The molecule has 0 spiro atoms. The Bertz CT molecular complexity index is 1080. The van der Waals surface area contributed by atoms with Gasteiger partial charge in [-0.3, -0.25) is 19.3 Å². The van der Waals surface area contributed by atoms with E-state index in [1.165, 1.54) is 0 Å². The molecule has 3 amide bonds. The monoisotopic (exact) mass is 552 g/mol. The number of thioether (sulfide) groups is 1. The summed E-state index contributed by atoms with van der Waals surface area (Å²) in [5.41, 5.74) is 2.27. The number of carbonyl (C=O) groups is 4. The summed E-state index contributed by atoms with van der Waals surface area (Å²) in [6.45, 7) is 1.09. The number of anilines is 1. The van der Waals surface area contributed by atoms with Crippen molar-refractivity contribution in [1.29, 1.82) is 0 Å². The van der Waals surface area contributed by atoms with Crippen LogP contribution >= 0.6 is 34.4 Å². The van der Waals surface area contributed by atoms with Gasteiger partial charge in [-0.2, -0.15) is 0 Å². The molecular formula is C21H17IN2O6S. The maximum Gasteiger partial charge on any atom is 0.341 e. The molecule has 10 heteroatoms. The smallest absolute Gasteiger partial charge is 0.341 e. The number of amides is 3. The van der Waals surface area contributed by atoms with Crippen LogP contribution in [0.15, 0.2) is 47.4 Å². The number of carbonyl (C=O) groups excluding carboxylic acids is 3. The molecule has 2 aromatic carbocycles. The minimum Gasteiger partial charge on any atom is -0.481 e. The zero-order valence-electron chi connectivity index (χ0n) is 16.3. The molecule has 8 nitrogen and oxygen atoms in total. The average Bonchev–Trinajstić information content (AvgIpc) is 2.96. The molecule has 31 heavy (non-hydrogen) atoms. The van der Waals surface area contributed by atoms with Gasteiger partial charge < -0.3 is 15.2 Å². The van der Waals surface area contributed by atoms with Gasteiger partial charge in [0.2, 0.25) is 5.91 Å². The van der Waals surface area contributed by atoms with Gasteiger partial charge in [-0.05, 0) is 77.2 Å². The first kappa shape index (κ1) is 22.8. The molecule has 0 bridgehead atoms. The van der Waals surface area contributed by atoms with Crippen molar-refractivity contribution >= 4 is 69.1 Å². The second kappa shape index (κ2) is 9.96. The Balaban J connectivity index is 1.67. The summed E-state index contributed by atoms with van der Waals surface area (Å²) in [5.74, 6) is -1.70. The number of ether oxygens (including phenoxy) is 1. The fourth-order valence-electron chi connectivity index (χ4n) is 2.63. The van der Waals surface area contributed by atoms with E-state index in [4.69, 9.17) is 9.84 Å². The summed E-state index contributed by atoms with van der Waals surface area (Å²) in [4.78, 5) is 48.9. The Labute approximate surface area is 195 Å². The third-order valence-corrected chi connectivity index (χ3v) is 5.87. The summed E-state index contributed by atoms with van der Waals surface area (Å²) in [6.07, 6.45) is 1.55. The van der Waals surface area contributed by atoms with Crippen LogP contribution in [-0.4, -0.2) is 46.2 Å². The van der Waals surface area contributed by atoms with Gasteiger partial charge in [0, 0.05) is 5.69 Å². The molecular weight excluding hydrogens is 535 g/mol. The van der Waals surface area contributed by atoms with Crippen LogP contribution in [0.3, 0.4) is 0 Å². The van der Waals surface area contributed by atoms with E-state index in [9.17, 15) is 19.2 Å². The van der Waals surface area contributed by atoms with Gasteiger partial charge in [-0.1, -0.05) is 23.8 Å². The first-order valence-corrected chi connectivity index (χ1v) is 10.9. The van der Waals surface area contributed by atoms with Gasteiger partial charge in [-0.15, -0.1) is 0 Å². The maximum atomic E-state index is 12.6. The van der Waals surface area contributed by atoms with Crippen molar-refractivity contribution in [2.24, 2.45) is 0 Å². The fraction of sp³-hybridized carbons (Fsp3) is 0.143.